The molecule has 0 aliphatic rings. The Bertz CT molecular complexity index is 393. The van der Waals surface area contributed by atoms with Crippen molar-refractivity contribution in [2.24, 2.45) is 0 Å². The predicted molar refractivity (Wildman–Crippen MR) is 65.8 cm³/mol. The van der Waals surface area contributed by atoms with Crippen molar-refractivity contribution in [2.45, 2.75) is 32.3 Å². The van der Waals surface area contributed by atoms with E-state index in [1.807, 2.05) is 6.92 Å². The number of ketones is 1. The summed E-state index contributed by atoms with van der Waals surface area (Å²) in [7, 11) is 1.50. The largest absolute Gasteiger partial charge is 0.374 e. The Morgan fingerprint density at radius 1 is 1.53 bits per heavy atom. The smallest absolute Gasteiger partial charge is 0.165 e. The van der Waals surface area contributed by atoms with Crippen molar-refractivity contribution in [1.82, 2.24) is 0 Å². The van der Waals surface area contributed by atoms with Gasteiger partial charge in [-0.2, -0.15) is 0 Å². The minimum Gasteiger partial charge on any atom is -0.374 e. The molecule has 2 nitrogen and oxygen atoms in total. The van der Waals surface area contributed by atoms with E-state index in [0.717, 1.165) is 6.42 Å². The van der Waals surface area contributed by atoms with Crippen LogP contribution in [0, 0.1) is 5.82 Å². The highest BCUT2D eigenvalue weighted by Gasteiger charge is 2.18. The second-order valence-electron chi connectivity index (χ2n) is 3.89. The van der Waals surface area contributed by atoms with Crippen molar-refractivity contribution >= 4 is 17.4 Å². The summed E-state index contributed by atoms with van der Waals surface area (Å²) in [6.07, 6.45) is 1.11. The summed E-state index contributed by atoms with van der Waals surface area (Å²) in [6.45, 7) is 1.97. The molecule has 94 valence electrons. The standard InChI is InChI=1S/C13H16ClFO2/c1-3-4-13(17-2)12(16)7-9-5-6-10(14)8-11(9)15/h5-6,8,13H,3-4,7H2,1-2H3. The highest BCUT2D eigenvalue weighted by Crippen LogP contribution is 2.16. The van der Waals surface area contributed by atoms with Crippen molar-refractivity contribution in [3.63, 3.8) is 0 Å². The first-order chi connectivity index (χ1) is 8.08. The number of hydrogen-bond donors (Lipinski definition) is 0. The lowest BCUT2D eigenvalue weighted by Gasteiger charge is -2.13. The maximum atomic E-state index is 13.5. The molecule has 1 aromatic rings. The Morgan fingerprint density at radius 2 is 2.24 bits per heavy atom. The molecule has 1 aromatic carbocycles. The monoisotopic (exact) mass is 258 g/mol. The van der Waals surface area contributed by atoms with Gasteiger partial charge in [-0.25, -0.2) is 4.39 Å². The summed E-state index contributed by atoms with van der Waals surface area (Å²) in [6, 6.07) is 4.33. The molecule has 0 radical (unpaired) electrons. The van der Waals surface area contributed by atoms with Crippen LogP contribution in [-0.2, 0) is 16.0 Å². The molecule has 0 saturated heterocycles. The number of halogens is 2. The fourth-order valence-electron chi connectivity index (χ4n) is 1.64. The Hall–Kier alpha value is -0.930. The van der Waals surface area contributed by atoms with Crippen LogP contribution in [0.15, 0.2) is 18.2 Å². The molecule has 0 bridgehead atoms. The zero-order valence-corrected chi connectivity index (χ0v) is 10.8. The predicted octanol–water partition coefficient (Wildman–Crippen LogP) is 3.41. The number of hydrogen-bond acceptors (Lipinski definition) is 2. The van der Waals surface area contributed by atoms with Crippen LogP contribution in [0.5, 0.6) is 0 Å². The van der Waals surface area contributed by atoms with E-state index in [0.29, 0.717) is 17.0 Å². The Morgan fingerprint density at radius 3 is 2.76 bits per heavy atom. The van der Waals surface area contributed by atoms with Crippen molar-refractivity contribution in [3.8, 4) is 0 Å². The molecule has 0 N–H and O–H groups in total. The van der Waals surface area contributed by atoms with Gasteiger partial charge in [0.1, 0.15) is 11.9 Å². The molecule has 0 spiro atoms. The number of methoxy groups -OCH3 is 1. The SMILES string of the molecule is CCCC(OC)C(=O)Cc1ccc(Cl)cc1F. The third kappa shape index (κ3) is 4.10. The number of rotatable bonds is 6. The lowest BCUT2D eigenvalue weighted by Crippen LogP contribution is -2.24. The maximum absolute atomic E-state index is 13.5. The lowest BCUT2D eigenvalue weighted by molar-refractivity contribution is -0.128. The van der Waals surface area contributed by atoms with E-state index >= 15 is 0 Å². The molecular formula is C13H16ClFO2. The van der Waals surface area contributed by atoms with E-state index in [1.165, 1.54) is 19.2 Å². The Balaban J connectivity index is 2.73. The summed E-state index contributed by atoms with van der Waals surface area (Å²) in [5.74, 6) is -0.548. The summed E-state index contributed by atoms with van der Waals surface area (Å²) in [5, 5.41) is 0.329. The molecule has 0 amide bonds. The third-order valence-electron chi connectivity index (χ3n) is 2.57. The molecule has 0 aromatic heterocycles. The number of ether oxygens (including phenoxy) is 1. The quantitative estimate of drug-likeness (QED) is 0.782. The molecule has 0 saturated carbocycles. The molecule has 1 atom stereocenters. The molecule has 17 heavy (non-hydrogen) atoms. The van der Waals surface area contributed by atoms with E-state index in [-0.39, 0.29) is 12.2 Å². The minimum atomic E-state index is -0.449. The van der Waals surface area contributed by atoms with Crippen LogP contribution in [0.2, 0.25) is 5.02 Å². The van der Waals surface area contributed by atoms with Crippen LogP contribution in [0.4, 0.5) is 4.39 Å². The molecule has 4 heteroatoms. The fourth-order valence-corrected chi connectivity index (χ4v) is 1.80. The van der Waals surface area contributed by atoms with Crippen LogP contribution < -0.4 is 0 Å². The topological polar surface area (TPSA) is 26.3 Å². The van der Waals surface area contributed by atoms with Crippen LogP contribution in [0.1, 0.15) is 25.3 Å². The van der Waals surface area contributed by atoms with Crippen molar-refractivity contribution in [3.05, 3.63) is 34.6 Å². The Kier molecular flexibility index (Phi) is 5.59. The molecule has 1 unspecified atom stereocenters. The van der Waals surface area contributed by atoms with Crippen molar-refractivity contribution in [2.75, 3.05) is 7.11 Å². The summed E-state index contributed by atoms with van der Waals surface area (Å²) >= 11 is 5.64. The fraction of sp³-hybridized carbons (Fsp3) is 0.462. The normalized spacial score (nSPS) is 12.5. The lowest BCUT2D eigenvalue weighted by atomic mass is 10.0. The van der Waals surface area contributed by atoms with Gasteiger partial charge in [0.05, 0.1) is 0 Å². The Labute approximate surface area is 106 Å². The van der Waals surface area contributed by atoms with Gasteiger partial charge in [-0.15, -0.1) is 0 Å². The minimum absolute atomic E-state index is 0.0432. The van der Waals surface area contributed by atoms with Gasteiger partial charge in [0.2, 0.25) is 0 Å². The number of carbonyl (C=O) groups excluding carboxylic acids is 1. The van der Waals surface area contributed by atoms with Crippen LogP contribution in [0.3, 0.4) is 0 Å². The third-order valence-corrected chi connectivity index (χ3v) is 2.81. The van der Waals surface area contributed by atoms with E-state index in [9.17, 15) is 9.18 Å². The van der Waals surface area contributed by atoms with Gasteiger partial charge in [0.25, 0.3) is 0 Å². The van der Waals surface area contributed by atoms with Gasteiger partial charge in [-0.05, 0) is 24.1 Å². The number of benzene rings is 1. The van der Waals surface area contributed by atoms with Crippen LogP contribution in [0.25, 0.3) is 0 Å². The maximum Gasteiger partial charge on any atom is 0.165 e. The van der Waals surface area contributed by atoms with Gasteiger partial charge in [0, 0.05) is 18.6 Å². The average molecular weight is 259 g/mol. The summed E-state index contributed by atoms with van der Waals surface area (Å²) in [4.78, 5) is 11.8. The molecular weight excluding hydrogens is 243 g/mol. The zero-order chi connectivity index (χ0) is 12.8. The zero-order valence-electron chi connectivity index (χ0n) is 10.0. The number of carbonyl (C=O) groups is 1. The molecule has 0 heterocycles. The van der Waals surface area contributed by atoms with Gasteiger partial charge >= 0.3 is 0 Å². The summed E-state index contributed by atoms with van der Waals surface area (Å²) < 4.78 is 18.6. The highest BCUT2D eigenvalue weighted by molar-refractivity contribution is 6.30. The number of Topliss-reactive ketones (excluding diaryl/α,β-unsaturated/α-hetero) is 1. The van der Waals surface area contributed by atoms with Gasteiger partial charge in [-0.3, -0.25) is 4.79 Å². The van der Waals surface area contributed by atoms with Crippen molar-refractivity contribution < 1.29 is 13.9 Å². The van der Waals surface area contributed by atoms with Gasteiger partial charge in [0.15, 0.2) is 5.78 Å². The van der Waals surface area contributed by atoms with E-state index < -0.39 is 11.9 Å². The molecule has 0 aliphatic carbocycles. The first kappa shape index (κ1) is 14.1. The van der Waals surface area contributed by atoms with E-state index in [4.69, 9.17) is 16.3 Å². The second-order valence-corrected chi connectivity index (χ2v) is 4.33. The summed E-state index contributed by atoms with van der Waals surface area (Å²) in [5.41, 5.74) is 0.359. The molecule has 0 fully saturated rings. The average Bonchev–Trinajstić information content (AvgIpc) is 2.29. The van der Waals surface area contributed by atoms with E-state index in [1.54, 1.807) is 6.07 Å². The van der Waals surface area contributed by atoms with Crippen LogP contribution in [-0.4, -0.2) is 19.0 Å². The first-order valence-electron chi connectivity index (χ1n) is 5.58. The van der Waals surface area contributed by atoms with Gasteiger partial charge < -0.3 is 4.74 Å². The molecule has 0 aliphatic heterocycles. The highest BCUT2D eigenvalue weighted by atomic mass is 35.5. The molecule has 1 rings (SSSR count). The van der Waals surface area contributed by atoms with Crippen LogP contribution >= 0.6 is 11.6 Å². The first-order valence-corrected chi connectivity index (χ1v) is 5.95. The van der Waals surface area contributed by atoms with E-state index in [2.05, 4.69) is 0 Å². The van der Waals surface area contributed by atoms with Gasteiger partial charge in [-0.1, -0.05) is 31.0 Å². The second kappa shape index (κ2) is 6.72. The van der Waals surface area contributed by atoms with Crippen molar-refractivity contribution in [1.29, 1.82) is 0 Å².